The summed E-state index contributed by atoms with van der Waals surface area (Å²) >= 11 is 5.86. The van der Waals surface area contributed by atoms with Crippen molar-refractivity contribution in [3.8, 4) is 5.75 Å². The van der Waals surface area contributed by atoms with Gasteiger partial charge in [-0.15, -0.1) is 0 Å². The Kier molecular flexibility index (Phi) is 4.68. The third-order valence-corrected chi connectivity index (χ3v) is 4.33. The van der Waals surface area contributed by atoms with Gasteiger partial charge in [0.05, 0.1) is 0 Å². The molecule has 0 amide bonds. The fourth-order valence-corrected chi connectivity index (χ4v) is 2.89. The quantitative estimate of drug-likeness (QED) is 0.812. The molecule has 0 aromatic heterocycles. The maximum atomic E-state index is 12.5. The topological polar surface area (TPSA) is 49.3 Å². The molecule has 3 rings (SSSR count). The van der Waals surface area contributed by atoms with E-state index in [1.54, 1.807) is 12.1 Å². The molecule has 2 aromatic rings. The number of carbonyl (C=O) groups is 1. The van der Waals surface area contributed by atoms with Crippen LogP contribution in [-0.4, -0.2) is 17.4 Å². The summed E-state index contributed by atoms with van der Waals surface area (Å²) in [6, 6.07) is 14.4. The van der Waals surface area contributed by atoms with Gasteiger partial charge in [-0.3, -0.25) is 4.79 Å². The maximum absolute atomic E-state index is 12.5. The van der Waals surface area contributed by atoms with Gasteiger partial charge < -0.3 is 10.4 Å². The number of phenols is 1. The lowest BCUT2D eigenvalue weighted by Gasteiger charge is -2.10. The molecule has 1 fully saturated rings. The number of aromatic hydroxyl groups is 1. The number of phenolic OH excluding ortho intramolecular Hbond substituents is 1. The molecule has 1 aliphatic carbocycles. The van der Waals surface area contributed by atoms with E-state index in [1.807, 2.05) is 42.5 Å². The first-order valence-corrected chi connectivity index (χ1v) is 8.03. The van der Waals surface area contributed by atoms with E-state index in [9.17, 15) is 9.90 Å². The van der Waals surface area contributed by atoms with Crippen LogP contribution in [0.2, 0.25) is 5.02 Å². The zero-order chi connectivity index (χ0) is 16.2. The van der Waals surface area contributed by atoms with Gasteiger partial charge in [-0.2, -0.15) is 0 Å². The predicted molar refractivity (Wildman–Crippen MR) is 93.8 cm³/mol. The average molecular weight is 328 g/mol. The number of Topliss-reactive ketones (excluding diaryl/α,β-unsaturated/α-hetero) is 1. The molecule has 2 N–H and O–H groups in total. The minimum Gasteiger partial charge on any atom is -0.508 e. The SMILES string of the molecule is O=C1/C(=C\c2ccc(O)cc2)CCC1CNc1ccc(Cl)cc1. The molecule has 1 atom stereocenters. The molecular formula is C19H18ClNO2. The zero-order valence-corrected chi connectivity index (χ0v) is 13.4. The van der Waals surface area contributed by atoms with Crippen molar-refractivity contribution in [2.24, 2.45) is 5.92 Å². The number of rotatable bonds is 4. The summed E-state index contributed by atoms with van der Waals surface area (Å²) in [6.07, 6.45) is 3.58. The lowest BCUT2D eigenvalue weighted by molar-refractivity contribution is -0.117. The van der Waals surface area contributed by atoms with E-state index in [-0.39, 0.29) is 17.5 Å². The molecule has 23 heavy (non-hydrogen) atoms. The lowest BCUT2D eigenvalue weighted by Crippen LogP contribution is -2.18. The van der Waals surface area contributed by atoms with Crippen molar-refractivity contribution < 1.29 is 9.90 Å². The molecule has 0 aliphatic heterocycles. The molecular weight excluding hydrogens is 310 g/mol. The Bertz CT molecular complexity index is 720. The van der Waals surface area contributed by atoms with Gasteiger partial charge in [0, 0.05) is 23.2 Å². The maximum Gasteiger partial charge on any atom is 0.163 e. The van der Waals surface area contributed by atoms with Crippen molar-refractivity contribution in [2.45, 2.75) is 12.8 Å². The van der Waals surface area contributed by atoms with E-state index in [1.165, 1.54) is 0 Å². The number of nitrogens with one attached hydrogen (secondary N) is 1. The van der Waals surface area contributed by atoms with Crippen LogP contribution in [0.4, 0.5) is 5.69 Å². The molecule has 3 nitrogen and oxygen atoms in total. The van der Waals surface area contributed by atoms with Crippen molar-refractivity contribution in [3.05, 3.63) is 64.7 Å². The fraction of sp³-hybridized carbons (Fsp3) is 0.211. The minimum absolute atomic E-state index is 0.00837. The van der Waals surface area contributed by atoms with E-state index >= 15 is 0 Å². The normalized spacial score (nSPS) is 19.3. The Morgan fingerprint density at radius 1 is 1.13 bits per heavy atom. The third-order valence-electron chi connectivity index (χ3n) is 4.08. The van der Waals surface area contributed by atoms with Crippen molar-refractivity contribution >= 4 is 29.1 Å². The van der Waals surface area contributed by atoms with Gasteiger partial charge in [-0.05, 0) is 66.5 Å². The molecule has 0 saturated heterocycles. The van der Waals surface area contributed by atoms with Crippen LogP contribution < -0.4 is 5.32 Å². The van der Waals surface area contributed by atoms with Gasteiger partial charge in [0.2, 0.25) is 0 Å². The number of benzene rings is 2. The van der Waals surface area contributed by atoms with Gasteiger partial charge in [-0.1, -0.05) is 23.7 Å². The Balaban J connectivity index is 1.62. The van der Waals surface area contributed by atoms with E-state index in [2.05, 4.69) is 5.32 Å². The van der Waals surface area contributed by atoms with E-state index < -0.39 is 0 Å². The molecule has 0 bridgehead atoms. The molecule has 0 radical (unpaired) electrons. The van der Waals surface area contributed by atoms with Crippen LogP contribution in [0.5, 0.6) is 5.75 Å². The van der Waals surface area contributed by atoms with Crippen LogP contribution in [-0.2, 0) is 4.79 Å². The van der Waals surface area contributed by atoms with Crippen LogP contribution in [0.1, 0.15) is 18.4 Å². The Hall–Kier alpha value is -2.26. The second-order valence-electron chi connectivity index (χ2n) is 5.75. The van der Waals surface area contributed by atoms with E-state index in [4.69, 9.17) is 11.6 Å². The number of halogens is 1. The van der Waals surface area contributed by atoms with Gasteiger partial charge in [0.1, 0.15) is 5.75 Å². The monoisotopic (exact) mass is 327 g/mol. The van der Waals surface area contributed by atoms with E-state index in [0.717, 1.165) is 29.7 Å². The first kappa shape index (κ1) is 15.6. The van der Waals surface area contributed by atoms with Gasteiger partial charge in [0.15, 0.2) is 5.78 Å². The molecule has 4 heteroatoms. The van der Waals surface area contributed by atoms with Crippen LogP contribution in [0.3, 0.4) is 0 Å². The molecule has 118 valence electrons. The highest BCUT2D eigenvalue weighted by molar-refractivity contribution is 6.30. The summed E-state index contributed by atoms with van der Waals surface area (Å²) in [6.45, 7) is 0.632. The Labute approximate surface area is 140 Å². The predicted octanol–water partition coefficient (Wildman–Crippen LogP) is 4.52. The molecule has 2 aromatic carbocycles. The summed E-state index contributed by atoms with van der Waals surface area (Å²) in [5.74, 6) is 0.448. The van der Waals surface area contributed by atoms with Crippen LogP contribution in [0.25, 0.3) is 6.08 Å². The molecule has 0 heterocycles. The minimum atomic E-state index is 0.00837. The van der Waals surface area contributed by atoms with Crippen molar-refractivity contribution in [1.29, 1.82) is 0 Å². The highest BCUT2D eigenvalue weighted by Gasteiger charge is 2.28. The Morgan fingerprint density at radius 2 is 1.83 bits per heavy atom. The number of ketones is 1. The van der Waals surface area contributed by atoms with Crippen molar-refractivity contribution in [3.63, 3.8) is 0 Å². The third kappa shape index (κ3) is 3.93. The Morgan fingerprint density at radius 3 is 2.52 bits per heavy atom. The van der Waals surface area contributed by atoms with Crippen LogP contribution >= 0.6 is 11.6 Å². The molecule has 1 unspecified atom stereocenters. The van der Waals surface area contributed by atoms with Gasteiger partial charge in [0.25, 0.3) is 0 Å². The van der Waals surface area contributed by atoms with Crippen LogP contribution in [0, 0.1) is 5.92 Å². The first-order valence-electron chi connectivity index (χ1n) is 7.65. The average Bonchev–Trinajstić information content (AvgIpc) is 2.90. The van der Waals surface area contributed by atoms with Crippen molar-refractivity contribution in [1.82, 2.24) is 0 Å². The zero-order valence-electron chi connectivity index (χ0n) is 12.6. The lowest BCUT2D eigenvalue weighted by atomic mass is 10.0. The number of hydrogen-bond acceptors (Lipinski definition) is 3. The van der Waals surface area contributed by atoms with Gasteiger partial charge >= 0.3 is 0 Å². The van der Waals surface area contributed by atoms with E-state index in [0.29, 0.717) is 11.6 Å². The van der Waals surface area contributed by atoms with Crippen molar-refractivity contribution in [2.75, 3.05) is 11.9 Å². The summed E-state index contributed by atoms with van der Waals surface area (Å²) in [7, 11) is 0. The molecule has 1 saturated carbocycles. The second kappa shape index (κ2) is 6.88. The summed E-state index contributed by atoms with van der Waals surface area (Å²) in [4.78, 5) is 12.5. The number of hydrogen-bond donors (Lipinski definition) is 2. The fourth-order valence-electron chi connectivity index (χ4n) is 2.76. The second-order valence-corrected chi connectivity index (χ2v) is 6.19. The number of carbonyl (C=O) groups excluding carboxylic acids is 1. The summed E-state index contributed by atoms with van der Waals surface area (Å²) < 4.78 is 0. The smallest absolute Gasteiger partial charge is 0.163 e. The molecule has 1 aliphatic rings. The van der Waals surface area contributed by atoms with Gasteiger partial charge in [-0.25, -0.2) is 0 Å². The van der Waals surface area contributed by atoms with Crippen LogP contribution in [0.15, 0.2) is 54.1 Å². The largest absolute Gasteiger partial charge is 0.508 e. The number of anilines is 1. The highest BCUT2D eigenvalue weighted by atomic mass is 35.5. The summed E-state index contributed by atoms with van der Waals surface area (Å²) in [5, 5.41) is 13.3. The first-order chi connectivity index (χ1) is 11.1. The number of allylic oxidation sites excluding steroid dienone is 1. The standard InChI is InChI=1S/C19H18ClNO2/c20-16-5-7-17(8-6-16)21-12-15-4-3-14(19(15)23)11-13-1-9-18(22)10-2-13/h1-2,5-11,15,21-22H,3-4,12H2/b14-11-. The summed E-state index contributed by atoms with van der Waals surface area (Å²) in [5.41, 5.74) is 2.77. The highest BCUT2D eigenvalue weighted by Crippen LogP contribution is 2.29. The molecule has 0 spiro atoms.